The van der Waals surface area contributed by atoms with Gasteiger partial charge in [-0.25, -0.2) is 0 Å². The van der Waals surface area contributed by atoms with E-state index in [0.29, 0.717) is 11.6 Å². The molecular formula is C13H20ClNO. The standard InChI is InChI=1S/C13H20ClNO/c1-3-13(2,7-8-14)15-10-11-5-4-6-12(16)9-11/h4-6,9,15-16H,3,7-8,10H2,1-2H3. The van der Waals surface area contributed by atoms with Gasteiger partial charge in [-0.1, -0.05) is 19.1 Å². The van der Waals surface area contributed by atoms with E-state index in [2.05, 4.69) is 19.2 Å². The van der Waals surface area contributed by atoms with Gasteiger partial charge in [0.15, 0.2) is 0 Å². The Balaban J connectivity index is 2.55. The van der Waals surface area contributed by atoms with Crippen LogP contribution in [-0.2, 0) is 6.54 Å². The SMILES string of the molecule is CCC(C)(CCCl)NCc1cccc(O)c1. The van der Waals surface area contributed by atoms with Crippen LogP contribution in [-0.4, -0.2) is 16.5 Å². The molecular weight excluding hydrogens is 222 g/mol. The van der Waals surface area contributed by atoms with Crippen LogP contribution in [0.5, 0.6) is 5.75 Å². The lowest BCUT2D eigenvalue weighted by Crippen LogP contribution is -2.41. The van der Waals surface area contributed by atoms with Crippen LogP contribution in [0.15, 0.2) is 24.3 Å². The number of benzene rings is 1. The minimum Gasteiger partial charge on any atom is -0.508 e. The van der Waals surface area contributed by atoms with Crippen LogP contribution in [0.3, 0.4) is 0 Å². The molecule has 1 atom stereocenters. The molecule has 0 aliphatic heterocycles. The van der Waals surface area contributed by atoms with E-state index in [1.54, 1.807) is 12.1 Å². The Bertz CT molecular complexity index is 329. The second kappa shape index (κ2) is 6.12. The van der Waals surface area contributed by atoms with E-state index in [-0.39, 0.29) is 5.54 Å². The highest BCUT2D eigenvalue weighted by Gasteiger charge is 2.19. The van der Waals surface area contributed by atoms with Crippen LogP contribution < -0.4 is 5.32 Å². The third-order valence-electron chi connectivity index (χ3n) is 3.06. The fourth-order valence-corrected chi connectivity index (χ4v) is 2.00. The van der Waals surface area contributed by atoms with Crippen molar-refractivity contribution in [3.8, 4) is 5.75 Å². The third kappa shape index (κ3) is 4.03. The summed E-state index contributed by atoms with van der Waals surface area (Å²) < 4.78 is 0. The summed E-state index contributed by atoms with van der Waals surface area (Å²) in [7, 11) is 0. The van der Waals surface area contributed by atoms with Gasteiger partial charge in [-0.3, -0.25) is 0 Å². The predicted octanol–water partition coefficient (Wildman–Crippen LogP) is 3.28. The minimum atomic E-state index is 0.0766. The Morgan fingerprint density at radius 3 is 2.75 bits per heavy atom. The van der Waals surface area contributed by atoms with Crippen molar-refractivity contribution in [1.82, 2.24) is 5.32 Å². The van der Waals surface area contributed by atoms with Crippen LogP contribution in [0.25, 0.3) is 0 Å². The average molecular weight is 242 g/mol. The molecule has 0 fully saturated rings. The molecule has 90 valence electrons. The molecule has 0 bridgehead atoms. The lowest BCUT2D eigenvalue weighted by molar-refractivity contribution is 0.331. The zero-order valence-electron chi connectivity index (χ0n) is 9.96. The number of aromatic hydroxyl groups is 1. The monoisotopic (exact) mass is 241 g/mol. The van der Waals surface area contributed by atoms with Crippen LogP contribution in [0, 0.1) is 0 Å². The maximum absolute atomic E-state index is 9.35. The van der Waals surface area contributed by atoms with Crippen molar-refractivity contribution in [2.45, 2.75) is 38.8 Å². The maximum atomic E-state index is 9.35. The topological polar surface area (TPSA) is 32.3 Å². The number of nitrogens with one attached hydrogen (secondary N) is 1. The molecule has 0 spiro atoms. The van der Waals surface area contributed by atoms with E-state index in [1.165, 1.54) is 0 Å². The molecule has 1 aromatic rings. The van der Waals surface area contributed by atoms with Crippen molar-refractivity contribution in [2.24, 2.45) is 0 Å². The number of rotatable bonds is 6. The normalized spacial score (nSPS) is 14.7. The van der Waals surface area contributed by atoms with Crippen LogP contribution in [0.4, 0.5) is 0 Å². The van der Waals surface area contributed by atoms with Crippen LogP contribution in [0.2, 0.25) is 0 Å². The van der Waals surface area contributed by atoms with Gasteiger partial charge in [0.2, 0.25) is 0 Å². The molecule has 0 heterocycles. The van der Waals surface area contributed by atoms with Gasteiger partial charge in [-0.15, -0.1) is 11.6 Å². The molecule has 2 nitrogen and oxygen atoms in total. The van der Waals surface area contributed by atoms with Crippen molar-refractivity contribution < 1.29 is 5.11 Å². The number of phenolic OH excluding ortho intramolecular Hbond substituents is 1. The second-order valence-electron chi connectivity index (χ2n) is 4.38. The van der Waals surface area contributed by atoms with E-state index in [0.717, 1.165) is 24.9 Å². The smallest absolute Gasteiger partial charge is 0.115 e. The van der Waals surface area contributed by atoms with E-state index >= 15 is 0 Å². The number of halogens is 1. The van der Waals surface area contributed by atoms with E-state index in [4.69, 9.17) is 11.6 Å². The lowest BCUT2D eigenvalue weighted by atomic mass is 9.95. The van der Waals surface area contributed by atoms with Gasteiger partial charge >= 0.3 is 0 Å². The molecule has 0 aliphatic carbocycles. The van der Waals surface area contributed by atoms with E-state index in [1.807, 2.05) is 12.1 Å². The summed E-state index contributed by atoms with van der Waals surface area (Å²) in [6.07, 6.45) is 1.99. The molecule has 16 heavy (non-hydrogen) atoms. The second-order valence-corrected chi connectivity index (χ2v) is 4.75. The quantitative estimate of drug-likeness (QED) is 0.750. The Morgan fingerprint density at radius 1 is 1.44 bits per heavy atom. The van der Waals surface area contributed by atoms with E-state index in [9.17, 15) is 5.11 Å². The highest BCUT2D eigenvalue weighted by atomic mass is 35.5. The van der Waals surface area contributed by atoms with Gasteiger partial charge in [-0.05, 0) is 37.5 Å². The van der Waals surface area contributed by atoms with Crippen molar-refractivity contribution in [3.05, 3.63) is 29.8 Å². The number of phenols is 1. The highest BCUT2D eigenvalue weighted by molar-refractivity contribution is 6.17. The minimum absolute atomic E-state index is 0.0766. The summed E-state index contributed by atoms with van der Waals surface area (Å²) in [5.41, 5.74) is 1.17. The summed E-state index contributed by atoms with van der Waals surface area (Å²) in [5.74, 6) is 0.979. The van der Waals surface area contributed by atoms with Gasteiger partial charge in [0.1, 0.15) is 5.75 Å². The number of hydrogen-bond donors (Lipinski definition) is 2. The molecule has 1 aromatic carbocycles. The van der Waals surface area contributed by atoms with Gasteiger partial charge in [0.25, 0.3) is 0 Å². The molecule has 0 saturated heterocycles. The fraction of sp³-hybridized carbons (Fsp3) is 0.538. The van der Waals surface area contributed by atoms with Crippen molar-refractivity contribution in [1.29, 1.82) is 0 Å². The van der Waals surface area contributed by atoms with Crippen LogP contribution >= 0.6 is 11.6 Å². The first-order chi connectivity index (χ1) is 7.59. The Labute approximate surface area is 103 Å². The number of hydrogen-bond acceptors (Lipinski definition) is 2. The zero-order chi connectivity index (χ0) is 12.0. The first kappa shape index (κ1) is 13.3. The van der Waals surface area contributed by atoms with Crippen molar-refractivity contribution >= 4 is 11.6 Å². The van der Waals surface area contributed by atoms with Crippen LogP contribution in [0.1, 0.15) is 32.3 Å². The molecule has 0 radical (unpaired) electrons. The average Bonchev–Trinajstić information content (AvgIpc) is 2.27. The first-order valence-electron chi connectivity index (χ1n) is 5.68. The Hall–Kier alpha value is -0.730. The Morgan fingerprint density at radius 2 is 2.19 bits per heavy atom. The van der Waals surface area contributed by atoms with Gasteiger partial charge < -0.3 is 10.4 Å². The van der Waals surface area contributed by atoms with Crippen molar-refractivity contribution in [3.63, 3.8) is 0 Å². The summed E-state index contributed by atoms with van der Waals surface area (Å²) in [6.45, 7) is 5.09. The third-order valence-corrected chi connectivity index (χ3v) is 3.25. The highest BCUT2D eigenvalue weighted by Crippen LogP contribution is 2.17. The zero-order valence-corrected chi connectivity index (χ0v) is 10.7. The summed E-state index contributed by atoms with van der Waals surface area (Å²) in [5, 5.41) is 12.8. The summed E-state index contributed by atoms with van der Waals surface area (Å²) in [4.78, 5) is 0. The molecule has 0 aromatic heterocycles. The number of alkyl halides is 1. The van der Waals surface area contributed by atoms with E-state index < -0.39 is 0 Å². The predicted molar refractivity (Wildman–Crippen MR) is 69.0 cm³/mol. The van der Waals surface area contributed by atoms with Gasteiger partial charge in [0.05, 0.1) is 0 Å². The molecule has 2 N–H and O–H groups in total. The summed E-state index contributed by atoms with van der Waals surface area (Å²) in [6, 6.07) is 7.33. The molecule has 0 saturated carbocycles. The van der Waals surface area contributed by atoms with Gasteiger partial charge in [0, 0.05) is 18.0 Å². The maximum Gasteiger partial charge on any atom is 0.115 e. The Kier molecular flexibility index (Phi) is 5.10. The molecule has 0 aliphatic rings. The largest absolute Gasteiger partial charge is 0.508 e. The van der Waals surface area contributed by atoms with Gasteiger partial charge in [-0.2, -0.15) is 0 Å². The molecule has 0 amide bonds. The fourth-order valence-electron chi connectivity index (χ4n) is 1.58. The van der Waals surface area contributed by atoms with Crippen molar-refractivity contribution in [2.75, 3.05) is 5.88 Å². The molecule has 1 rings (SSSR count). The lowest BCUT2D eigenvalue weighted by Gasteiger charge is -2.29. The molecule has 3 heteroatoms. The molecule has 1 unspecified atom stereocenters. The first-order valence-corrected chi connectivity index (χ1v) is 6.22. The summed E-state index contributed by atoms with van der Waals surface area (Å²) >= 11 is 5.79.